The minimum absolute atomic E-state index is 0.251. The van der Waals surface area contributed by atoms with Crippen molar-refractivity contribution in [1.82, 2.24) is 0 Å². The molecular weight excluding hydrogens is 216 g/mol. The fourth-order valence-electron chi connectivity index (χ4n) is 1.92. The van der Waals surface area contributed by atoms with Crippen molar-refractivity contribution in [2.45, 2.75) is 19.3 Å². The molecule has 0 amide bonds. The first-order valence-electron chi connectivity index (χ1n) is 4.81. The predicted molar refractivity (Wildman–Crippen MR) is 51.8 cm³/mol. The fourth-order valence-corrected chi connectivity index (χ4v) is 1.92. The molecule has 1 aliphatic carbocycles. The van der Waals surface area contributed by atoms with Crippen LogP contribution in [0.1, 0.15) is 19.3 Å². The Balaban J connectivity index is 3.26. The molecule has 1 unspecified atom stereocenters. The Hall–Kier alpha value is -1.85. The van der Waals surface area contributed by atoms with Gasteiger partial charge in [0.1, 0.15) is 0 Å². The number of hydrogen-bond acceptors (Lipinski definition) is 3. The van der Waals surface area contributed by atoms with Gasteiger partial charge in [-0.05, 0) is 19.3 Å². The van der Waals surface area contributed by atoms with Crippen LogP contribution in [-0.4, -0.2) is 33.2 Å². The van der Waals surface area contributed by atoms with Crippen LogP contribution in [0.2, 0.25) is 0 Å². The monoisotopic (exact) mass is 228 g/mol. The van der Waals surface area contributed by atoms with Crippen LogP contribution in [-0.2, 0) is 14.4 Å². The van der Waals surface area contributed by atoms with E-state index in [0.717, 1.165) is 0 Å². The smallest absolute Gasteiger partial charge is 0.333 e. The second kappa shape index (κ2) is 4.34. The van der Waals surface area contributed by atoms with Crippen molar-refractivity contribution in [2.75, 3.05) is 0 Å². The van der Waals surface area contributed by atoms with Crippen molar-refractivity contribution >= 4 is 17.9 Å². The highest BCUT2D eigenvalue weighted by Crippen LogP contribution is 2.36. The summed E-state index contributed by atoms with van der Waals surface area (Å²) in [6.07, 6.45) is 4.56. The Bertz CT molecular complexity index is 320. The summed E-state index contributed by atoms with van der Waals surface area (Å²) in [7, 11) is 0. The van der Waals surface area contributed by atoms with Crippen LogP contribution in [0.4, 0.5) is 0 Å². The van der Waals surface area contributed by atoms with Gasteiger partial charge >= 0.3 is 17.9 Å². The van der Waals surface area contributed by atoms with Crippen molar-refractivity contribution in [2.24, 2.45) is 11.3 Å². The van der Waals surface area contributed by atoms with Gasteiger partial charge in [0.2, 0.25) is 0 Å². The highest BCUT2D eigenvalue weighted by molar-refractivity contribution is 6.16. The number of carboxylic acid groups (broad SMARTS) is 3. The van der Waals surface area contributed by atoms with Gasteiger partial charge in [0.15, 0.2) is 0 Å². The van der Waals surface area contributed by atoms with Gasteiger partial charge in [-0.2, -0.15) is 0 Å². The number of allylic oxidation sites excluding steroid dienone is 2. The Morgan fingerprint density at radius 3 is 1.88 bits per heavy atom. The zero-order valence-corrected chi connectivity index (χ0v) is 8.42. The highest BCUT2D eigenvalue weighted by Gasteiger charge is 2.59. The van der Waals surface area contributed by atoms with E-state index < -0.39 is 29.2 Å². The van der Waals surface area contributed by atoms with E-state index in [1.54, 1.807) is 6.08 Å². The second-order valence-electron chi connectivity index (χ2n) is 3.69. The van der Waals surface area contributed by atoms with Gasteiger partial charge in [0.05, 0.1) is 0 Å². The summed E-state index contributed by atoms with van der Waals surface area (Å²) in [4.78, 5) is 33.0. The Morgan fingerprint density at radius 1 is 1.06 bits per heavy atom. The van der Waals surface area contributed by atoms with Crippen LogP contribution in [0.5, 0.6) is 0 Å². The first kappa shape index (κ1) is 12.2. The molecule has 0 spiro atoms. The molecule has 88 valence electrons. The zero-order valence-electron chi connectivity index (χ0n) is 8.42. The molecule has 6 heteroatoms. The first-order valence-corrected chi connectivity index (χ1v) is 4.81. The van der Waals surface area contributed by atoms with E-state index in [0.29, 0.717) is 12.8 Å². The molecular formula is C10H12O6. The van der Waals surface area contributed by atoms with Crippen LogP contribution < -0.4 is 0 Å². The lowest BCUT2D eigenvalue weighted by molar-refractivity contribution is -0.179. The molecule has 0 aromatic rings. The van der Waals surface area contributed by atoms with Crippen LogP contribution in [0.3, 0.4) is 0 Å². The summed E-state index contributed by atoms with van der Waals surface area (Å²) < 4.78 is 0. The molecule has 0 saturated carbocycles. The summed E-state index contributed by atoms with van der Waals surface area (Å²) in [5.41, 5.74) is -2.77. The maximum Gasteiger partial charge on any atom is 0.333 e. The predicted octanol–water partition coefficient (Wildman–Crippen LogP) is 0.583. The second-order valence-corrected chi connectivity index (χ2v) is 3.69. The molecule has 0 fully saturated rings. The standard InChI is InChI=1S/C10H12O6/c11-7(12)10(8(13)14,9(15)16)6-4-2-1-3-5-6/h2,4,6H,1,3,5H2,(H,11,12)(H,13,14)(H,15,16). The van der Waals surface area contributed by atoms with Crippen molar-refractivity contribution in [3.05, 3.63) is 12.2 Å². The third-order valence-electron chi connectivity index (χ3n) is 2.82. The van der Waals surface area contributed by atoms with Gasteiger partial charge in [0.25, 0.3) is 5.41 Å². The lowest BCUT2D eigenvalue weighted by atomic mass is 9.71. The van der Waals surface area contributed by atoms with Crippen LogP contribution in [0, 0.1) is 11.3 Å². The summed E-state index contributed by atoms with van der Waals surface area (Å²) in [6, 6.07) is 0. The van der Waals surface area contributed by atoms with Gasteiger partial charge in [0, 0.05) is 5.92 Å². The van der Waals surface area contributed by atoms with Gasteiger partial charge in [-0.25, -0.2) is 0 Å². The quantitative estimate of drug-likeness (QED) is 0.479. The topological polar surface area (TPSA) is 112 Å². The molecule has 1 aliphatic rings. The molecule has 0 saturated heterocycles. The summed E-state index contributed by atoms with van der Waals surface area (Å²) >= 11 is 0. The Labute approximate surface area is 91.2 Å². The molecule has 16 heavy (non-hydrogen) atoms. The van der Waals surface area contributed by atoms with E-state index in [4.69, 9.17) is 15.3 Å². The number of aliphatic carboxylic acids is 3. The lowest BCUT2D eigenvalue weighted by Crippen LogP contribution is -2.51. The minimum Gasteiger partial charge on any atom is -0.480 e. The number of hydrogen-bond donors (Lipinski definition) is 3. The third kappa shape index (κ3) is 1.66. The fraction of sp³-hybridized carbons (Fsp3) is 0.500. The highest BCUT2D eigenvalue weighted by atomic mass is 16.4. The number of carboxylic acids is 3. The van der Waals surface area contributed by atoms with Crippen LogP contribution >= 0.6 is 0 Å². The molecule has 0 heterocycles. The zero-order chi connectivity index (χ0) is 12.3. The molecule has 0 aromatic heterocycles. The number of carbonyl (C=O) groups is 3. The normalized spacial score (nSPS) is 20.4. The summed E-state index contributed by atoms with van der Waals surface area (Å²) in [6.45, 7) is 0. The molecule has 1 atom stereocenters. The Morgan fingerprint density at radius 2 is 1.56 bits per heavy atom. The first-order chi connectivity index (χ1) is 7.44. The van der Waals surface area contributed by atoms with Crippen LogP contribution in [0.15, 0.2) is 12.2 Å². The van der Waals surface area contributed by atoms with Crippen LogP contribution in [0.25, 0.3) is 0 Å². The van der Waals surface area contributed by atoms with Crippen molar-refractivity contribution in [3.8, 4) is 0 Å². The molecule has 0 aliphatic heterocycles. The van der Waals surface area contributed by atoms with Crippen molar-refractivity contribution in [3.63, 3.8) is 0 Å². The summed E-state index contributed by atoms with van der Waals surface area (Å²) in [5.74, 6) is -6.49. The largest absolute Gasteiger partial charge is 0.480 e. The van der Waals surface area contributed by atoms with E-state index in [1.807, 2.05) is 0 Å². The van der Waals surface area contributed by atoms with Crippen molar-refractivity contribution < 1.29 is 29.7 Å². The average molecular weight is 228 g/mol. The van der Waals surface area contributed by atoms with E-state index in [-0.39, 0.29) is 6.42 Å². The Kier molecular flexibility index (Phi) is 3.31. The lowest BCUT2D eigenvalue weighted by Gasteiger charge is -2.29. The van der Waals surface area contributed by atoms with Gasteiger partial charge in [-0.3, -0.25) is 14.4 Å². The van der Waals surface area contributed by atoms with Gasteiger partial charge in [-0.15, -0.1) is 0 Å². The maximum absolute atomic E-state index is 11.0. The third-order valence-corrected chi connectivity index (χ3v) is 2.82. The van der Waals surface area contributed by atoms with Gasteiger partial charge in [-0.1, -0.05) is 12.2 Å². The maximum atomic E-state index is 11.0. The SMILES string of the molecule is O=C(O)C(C(=O)O)(C(=O)O)C1C=CCCC1. The molecule has 0 bridgehead atoms. The van der Waals surface area contributed by atoms with E-state index in [2.05, 4.69) is 0 Å². The number of rotatable bonds is 4. The molecule has 0 radical (unpaired) electrons. The summed E-state index contributed by atoms with van der Waals surface area (Å²) in [5, 5.41) is 26.8. The molecule has 3 N–H and O–H groups in total. The average Bonchev–Trinajstić information content (AvgIpc) is 2.18. The molecule has 0 aromatic carbocycles. The van der Waals surface area contributed by atoms with E-state index in [1.165, 1.54) is 6.08 Å². The molecule has 6 nitrogen and oxygen atoms in total. The van der Waals surface area contributed by atoms with E-state index >= 15 is 0 Å². The minimum atomic E-state index is -2.77. The van der Waals surface area contributed by atoms with E-state index in [9.17, 15) is 14.4 Å². The van der Waals surface area contributed by atoms with Gasteiger partial charge < -0.3 is 15.3 Å². The van der Waals surface area contributed by atoms with Crippen molar-refractivity contribution in [1.29, 1.82) is 0 Å². The molecule has 1 rings (SSSR count).